The van der Waals surface area contributed by atoms with Crippen LogP contribution in [0.15, 0.2) is 28.7 Å². The third kappa shape index (κ3) is 3.67. The van der Waals surface area contributed by atoms with Gasteiger partial charge in [0.25, 0.3) is 0 Å². The second kappa shape index (κ2) is 6.50. The van der Waals surface area contributed by atoms with Crippen LogP contribution in [-0.4, -0.2) is 36.1 Å². The number of hydrogen-bond donors (Lipinski definition) is 0. The molecule has 0 spiro atoms. The lowest BCUT2D eigenvalue weighted by Crippen LogP contribution is -2.49. The average Bonchev–Trinajstić information content (AvgIpc) is 2.42. The van der Waals surface area contributed by atoms with Crippen molar-refractivity contribution in [3.8, 4) is 0 Å². The first-order valence-electron chi connectivity index (χ1n) is 6.52. The molecule has 0 N–H and O–H groups in total. The van der Waals surface area contributed by atoms with E-state index in [0.717, 1.165) is 4.47 Å². The van der Waals surface area contributed by atoms with Crippen molar-refractivity contribution in [2.75, 3.05) is 13.2 Å². The Hall–Kier alpha value is -1.20. The summed E-state index contributed by atoms with van der Waals surface area (Å²) in [5, 5.41) is 0. The molecule has 0 aromatic heterocycles. The van der Waals surface area contributed by atoms with Gasteiger partial charge in [0.2, 0.25) is 5.91 Å². The van der Waals surface area contributed by atoms with Crippen LogP contribution in [0.3, 0.4) is 0 Å². The first-order chi connectivity index (χ1) is 9.47. The lowest BCUT2D eigenvalue weighted by Gasteiger charge is -2.36. The molecular formula is C15H17BrFNO2. The Balaban J connectivity index is 2.10. The van der Waals surface area contributed by atoms with Crippen LogP contribution in [-0.2, 0) is 9.53 Å². The van der Waals surface area contributed by atoms with E-state index in [1.165, 1.54) is 18.2 Å². The minimum atomic E-state index is -0.347. The summed E-state index contributed by atoms with van der Waals surface area (Å²) >= 11 is 3.28. The third-order valence-electron chi connectivity index (χ3n) is 3.25. The molecule has 2 rings (SSSR count). The highest BCUT2D eigenvalue weighted by atomic mass is 79.9. The molecule has 0 aliphatic carbocycles. The highest BCUT2D eigenvalue weighted by molar-refractivity contribution is 9.10. The third-order valence-corrected chi connectivity index (χ3v) is 3.75. The van der Waals surface area contributed by atoms with Crippen LogP contribution in [0.2, 0.25) is 0 Å². The zero-order valence-electron chi connectivity index (χ0n) is 11.5. The fourth-order valence-electron chi connectivity index (χ4n) is 2.11. The van der Waals surface area contributed by atoms with Gasteiger partial charge in [0.1, 0.15) is 5.82 Å². The molecule has 108 valence electrons. The number of amides is 1. The summed E-state index contributed by atoms with van der Waals surface area (Å²) in [6.07, 6.45) is 2.96. The van der Waals surface area contributed by atoms with Gasteiger partial charge in [-0.1, -0.05) is 15.9 Å². The highest BCUT2D eigenvalue weighted by Gasteiger charge is 2.25. The average molecular weight is 342 g/mol. The second-order valence-corrected chi connectivity index (χ2v) is 5.90. The number of hydrogen-bond acceptors (Lipinski definition) is 2. The van der Waals surface area contributed by atoms with Gasteiger partial charge < -0.3 is 9.64 Å². The number of rotatable bonds is 2. The van der Waals surface area contributed by atoms with Crippen molar-refractivity contribution < 1.29 is 13.9 Å². The quantitative estimate of drug-likeness (QED) is 0.773. The van der Waals surface area contributed by atoms with E-state index in [1.54, 1.807) is 17.0 Å². The normalized spacial score (nSPS) is 23.3. The van der Waals surface area contributed by atoms with E-state index in [2.05, 4.69) is 15.9 Å². The van der Waals surface area contributed by atoms with Crippen molar-refractivity contribution in [3.63, 3.8) is 0 Å². The van der Waals surface area contributed by atoms with Crippen molar-refractivity contribution in [2.45, 2.75) is 26.0 Å². The molecule has 1 aromatic carbocycles. The molecule has 1 aliphatic rings. The number of ether oxygens (including phenoxy) is 1. The first kappa shape index (κ1) is 15.2. The zero-order valence-corrected chi connectivity index (χ0v) is 13.1. The van der Waals surface area contributed by atoms with Gasteiger partial charge in [0.05, 0.1) is 18.8 Å². The van der Waals surface area contributed by atoms with Gasteiger partial charge in [-0.05, 0) is 38.1 Å². The Morgan fingerprint density at radius 1 is 1.50 bits per heavy atom. The van der Waals surface area contributed by atoms with Crippen LogP contribution in [0.1, 0.15) is 19.4 Å². The molecular weight excluding hydrogens is 325 g/mol. The maximum Gasteiger partial charge on any atom is 0.246 e. The minimum Gasteiger partial charge on any atom is -0.375 e. The standard InChI is InChI=1S/C15H17BrFNO2/c1-10-9-20-11(2)8-18(10)15(19)6-3-12-7-13(16)4-5-14(12)17/h3-7,10-11H,8-9H2,1-2H3/b6-3+. The monoisotopic (exact) mass is 341 g/mol. The molecule has 1 fully saturated rings. The van der Waals surface area contributed by atoms with E-state index in [4.69, 9.17) is 4.74 Å². The van der Waals surface area contributed by atoms with Crippen LogP contribution in [0, 0.1) is 5.82 Å². The summed E-state index contributed by atoms with van der Waals surface area (Å²) in [7, 11) is 0. The highest BCUT2D eigenvalue weighted by Crippen LogP contribution is 2.17. The van der Waals surface area contributed by atoms with Crippen molar-refractivity contribution in [3.05, 3.63) is 40.1 Å². The van der Waals surface area contributed by atoms with Crippen molar-refractivity contribution >= 4 is 27.9 Å². The van der Waals surface area contributed by atoms with Gasteiger partial charge in [-0.3, -0.25) is 4.79 Å². The van der Waals surface area contributed by atoms with Crippen LogP contribution in [0.25, 0.3) is 6.08 Å². The fourth-order valence-corrected chi connectivity index (χ4v) is 2.49. The number of carbonyl (C=O) groups is 1. The van der Waals surface area contributed by atoms with Gasteiger partial charge in [-0.2, -0.15) is 0 Å². The Morgan fingerprint density at radius 2 is 2.25 bits per heavy atom. The lowest BCUT2D eigenvalue weighted by molar-refractivity contribution is -0.137. The van der Waals surface area contributed by atoms with Gasteiger partial charge in [0.15, 0.2) is 0 Å². The minimum absolute atomic E-state index is 0.0335. The van der Waals surface area contributed by atoms with Crippen molar-refractivity contribution in [2.24, 2.45) is 0 Å². The van der Waals surface area contributed by atoms with Gasteiger partial charge in [-0.25, -0.2) is 4.39 Å². The smallest absolute Gasteiger partial charge is 0.246 e. The first-order valence-corrected chi connectivity index (χ1v) is 7.32. The number of nitrogens with zero attached hydrogens (tertiary/aromatic N) is 1. The van der Waals surface area contributed by atoms with Crippen molar-refractivity contribution in [1.29, 1.82) is 0 Å². The maximum absolute atomic E-state index is 13.6. The summed E-state index contributed by atoms with van der Waals surface area (Å²) in [6.45, 7) is 4.97. The van der Waals surface area contributed by atoms with Crippen LogP contribution < -0.4 is 0 Å². The van der Waals surface area contributed by atoms with E-state index in [1.807, 2.05) is 13.8 Å². The molecule has 2 atom stereocenters. The molecule has 2 unspecified atom stereocenters. The Labute approximate surface area is 126 Å². The summed E-state index contributed by atoms with van der Waals surface area (Å²) in [4.78, 5) is 13.9. The molecule has 5 heteroatoms. The number of morpholine rings is 1. The molecule has 0 saturated carbocycles. The number of halogens is 2. The molecule has 1 aromatic rings. The van der Waals surface area contributed by atoms with E-state index in [-0.39, 0.29) is 23.9 Å². The van der Waals surface area contributed by atoms with Crippen LogP contribution in [0.5, 0.6) is 0 Å². The SMILES string of the molecule is CC1CN(C(=O)/C=C/c2cc(Br)ccc2F)C(C)CO1. The summed E-state index contributed by atoms with van der Waals surface area (Å²) in [5.41, 5.74) is 0.390. The molecule has 20 heavy (non-hydrogen) atoms. The summed E-state index contributed by atoms with van der Waals surface area (Å²) in [5.74, 6) is -0.465. The number of benzene rings is 1. The van der Waals surface area contributed by atoms with E-state index >= 15 is 0 Å². The van der Waals surface area contributed by atoms with Gasteiger partial charge in [0, 0.05) is 22.7 Å². The van der Waals surface area contributed by atoms with Crippen LogP contribution in [0.4, 0.5) is 4.39 Å². The molecule has 1 aliphatic heterocycles. The predicted octanol–water partition coefficient (Wildman–Crippen LogP) is 3.24. The van der Waals surface area contributed by atoms with E-state index in [9.17, 15) is 9.18 Å². The van der Waals surface area contributed by atoms with Gasteiger partial charge in [-0.15, -0.1) is 0 Å². The Morgan fingerprint density at radius 3 is 3.00 bits per heavy atom. The van der Waals surface area contributed by atoms with E-state index in [0.29, 0.717) is 18.7 Å². The molecule has 0 radical (unpaired) electrons. The topological polar surface area (TPSA) is 29.5 Å². The largest absolute Gasteiger partial charge is 0.375 e. The Bertz CT molecular complexity index is 533. The Kier molecular flexibility index (Phi) is 4.94. The lowest BCUT2D eigenvalue weighted by atomic mass is 10.1. The molecule has 0 bridgehead atoms. The second-order valence-electron chi connectivity index (χ2n) is 4.98. The molecule has 1 heterocycles. The maximum atomic E-state index is 13.6. The zero-order chi connectivity index (χ0) is 14.7. The summed E-state index contributed by atoms with van der Waals surface area (Å²) < 4.78 is 19.8. The predicted molar refractivity (Wildman–Crippen MR) is 79.7 cm³/mol. The fraction of sp³-hybridized carbons (Fsp3) is 0.400. The molecule has 1 amide bonds. The van der Waals surface area contributed by atoms with Gasteiger partial charge >= 0.3 is 0 Å². The van der Waals surface area contributed by atoms with Crippen LogP contribution >= 0.6 is 15.9 Å². The van der Waals surface area contributed by atoms with E-state index < -0.39 is 0 Å². The number of carbonyl (C=O) groups excluding carboxylic acids is 1. The van der Waals surface area contributed by atoms with Crippen molar-refractivity contribution in [1.82, 2.24) is 4.90 Å². The molecule has 3 nitrogen and oxygen atoms in total. The summed E-state index contributed by atoms with van der Waals surface area (Å²) in [6, 6.07) is 4.67. The molecule has 1 saturated heterocycles.